The first-order chi connectivity index (χ1) is 9.77. The second-order valence-electron chi connectivity index (χ2n) is 6.11. The van der Waals surface area contributed by atoms with Crippen molar-refractivity contribution in [3.8, 4) is 0 Å². The van der Waals surface area contributed by atoms with Gasteiger partial charge in [-0.3, -0.25) is 9.59 Å². The minimum absolute atomic E-state index is 0.0477. The molecule has 116 valence electrons. The zero-order valence-electron chi connectivity index (χ0n) is 13.2. The van der Waals surface area contributed by atoms with Crippen molar-refractivity contribution >= 4 is 23.2 Å². The van der Waals surface area contributed by atoms with Gasteiger partial charge in [0.1, 0.15) is 0 Å². The predicted molar refractivity (Wildman–Crippen MR) is 86.0 cm³/mol. The Labute approximate surface area is 126 Å². The summed E-state index contributed by atoms with van der Waals surface area (Å²) < 4.78 is 0. The molecule has 0 aliphatic rings. The Balaban J connectivity index is 2.66. The molecule has 4 N–H and O–H groups in total. The number of amides is 2. The van der Waals surface area contributed by atoms with E-state index in [1.165, 1.54) is 0 Å². The van der Waals surface area contributed by atoms with Crippen molar-refractivity contribution in [2.75, 3.05) is 17.2 Å². The topological polar surface area (TPSA) is 84.2 Å². The maximum absolute atomic E-state index is 11.9. The normalized spacial score (nSPS) is 12.6. The van der Waals surface area contributed by atoms with Gasteiger partial charge in [-0.2, -0.15) is 0 Å². The van der Waals surface area contributed by atoms with Crippen molar-refractivity contribution in [2.24, 2.45) is 17.1 Å². The van der Waals surface area contributed by atoms with E-state index in [-0.39, 0.29) is 17.7 Å². The molecule has 1 atom stereocenters. The van der Waals surface area contributed by atoms with E-state index in [0.717, 1.165) is 0 Å². The SMILES string of the molecule is CCC(CN)C(=O)Nc1ccc(NC(=O)C(C)(C)C)cc1. The molecular weight excluding hydrogens is 266 g/mol. The first-order valence-corrected chi connectivity index (χ1v) is 7.20. The highest BCUT2D eigenvalue weighted by molar-refractivity contribution is 5.95. The zero-order valence-corrected chi connectivity index (χ0v) is 13.2. The Hall–Kier alpha value is -1.88. The molecule has 0 aliphatic carbocycles. The highest BCUT2D eigenvalue weighted by atomic mass is 16.2. The summed E-state index contributed by atoms with van der Waals surface area (Å²) in [6.45, 7) is 7.84. The molecule has 21 heavy (non-hydrogen) atoms. The quantitative estimate of drug-likeness (QED) is 0.779. The average molecular weight is 291 g/mol. The molecule has 0 heterocycles. The summed E-state index contributed by atoms with van der Waals surface area (Å²) in [7, 11) is 0. The van der Waals surface area contributed by atoms with Crippen LogP contribution in [-0.2, 0) is 9.59 Å². The first kappa shape index (κ1) is 17.2. The number of carbonyl (C=O) groups excluding carboxylic acids is 2. The summed E-state index contributed by atoms with van der Waals surface area (Å²) in [6.07, 6.45) is 0.710. The lowest BCUT2D eigenvalue weighted by Crippen LogP contribution is -2.28. The van der Waals surface area contributed by atoms with Crippen LogP contribution in [0.5, 0.6) is 0 Å². The van der Waals surface area contributed by atoms with Crippen LogP contribution < -0.4 is 16.4 Å². The Bertz CT molecular complexity index is 485. The van der Waals surface area contributed by atoms with Crippen LogP contribution in [0.15, 0.2) is 24.3 Å². The summed E-state index contributed by atoms with van der Waals surface area (Å²) in [5.74, 6) is -0.301. The predicted octanol–water partition coefficient (Wildman–Crippen LogP) is 2.59. The van der Waals surface area contributed by atoms with Crippen LogP contribution in [0.1, 0.15) is 34.1 Å². The monoisotopic (exact) mass is 291 g/mol. The van der Waals surface area contributed by atoms with Crippen LogP contribution >= 0.6 is 0 Å². The Morgan fingerprint density at radius 2 is 1.57 bits per heavy atom. The van der Waals surface area contributed by atoms with Crippen LogP contribution in [0.3, 0.4) is 0 Å². The molecule has 0 saturated heterocycles. The van der Waals surface area contributed by atoms with Crippen LogP contribution in [0.25, 0.3) is 0 Å². The van der Waals surface area contributed by atoms with Crippen LogP contribution in [0, 0.1) is 11.3 Å². The maximum atomic E-state index is 11.9. The number of hydrogen-bond acceptors (Lipinski definition) is 3. The third kappa shape index (κ3) is 5.19. The maximum Gasteiger partial charge on any atom is 0.229 e. The van der Waals surface area contributed by atoms with Crippen molar-refractivity contribution < 1.29 is 9.59 Å². The number of carbonyl (C=O) groups is 2. The van der Waals surface area contributed by atoms with Crippen molar-refractivity contribution in [1.29, 1.82) is 0 Å². The lowest BCUT2D eigenvalue weighted by atomic mass is 9.95. The highest BCUT2D eigenvalue weighted by Crippen LogP contribution is 2.19. The van der Waals surface area contributed by atoms with Gasteiger partial charge in [0.2, 0.25) is 11.8 Å². The van der Waals surface area contributed by atoms with Gasteiger partial charge in [-0.25, -0.2) is 0 Å². The molecule has 0 aliphatic heterocycles. The standard InChI is InChI=1S/C16H25N3O2/c1-5-11(10-17)14(20)18-12-6-8-13(9-7-12)19-15(21)16(2,3)4/h6-9,11H,5,10,17H2,1-4H3,(H,18,20)(H,19,21). The summed E-state index contributed by atoms with van der Waals surface area (Å²) in [5.41, 5.74) is 6.51. The fourth-order valence-electron chi connectivity index (χ4n) is 1.66. The summed E-state index contributed by atoms with van der Waals surface area (Å²) >= 11 is 0. The van der Waals surface area contributed by atoms with Crippen molar-refractivity contribution in [3.63, 3.8) is 0 Å². The van der Waals surface area contributed by atoms with Gasteiger partial charge in [0.25, 0.3) is 0 Å². The molecular formula is C16H25N3O2. The van der Waals surface area contributed by atoms with Crippen LogP contribution in [0.4, 0.5) is 11.4 Å². The van der Waals surface area contributed by atoms with E-state index in [0.29, 0.717) is 24.3 Å². The van der Waals surface area contributed by atoms with Gasteiger partial charge in [0, 0.05) is 23.3 Å². The second-order valence-corrected chi connectivity index (χ2v) is 6.11. The summed E-state index contributed by atoms with van der Waals surface area (Å²) in [5, 5.41) is 5.66. The van der Waals surface area contributed by atoms with Crippen LogP contribution in [-0.4, -0.2) is 18.4 Å². The van der Waals surface area contributed by atoms with E-state index in [4.69, 9.17) is 5.73 Å². The lowest BCUT2D eigenvalue weighted by molar-refractivity contribution is -0.123. The molecule has 0 aromatic heterocycles. The molecule has 1 rings (SSSR count). The number of anilines is 2. The van der Waals surface area contributed by atoms with Crippen LogP contribution in [0.2, 0.25) is 0 Å². The molecule has 0 bridgehead atoms. The smallest absolute Gasteiger partial charge is 0.229 e. The van der Waals surface area contributed by atoms with Gasteiger partial charge >= 0.3 is 0 Å². The van der Waals surface area contributed by atoms with Crippen molar-refractivity contribution in [1.82, 2.24) is 0 Å². The molecule has 1 aromatic carbocycles. The molecule has 1 aromatic rings. The molecule has 2 amide bonds. The Morgan fingerprint density at radius 3 is 1.95 bits per heavy atom. The van der Waals surface area contributed by atoms with E-state index < -0.39 is 5.41 Å². The third-order valence-corrected chi connectivity index (χ3v) is 3.24. The zero-order chi connectivity index (χ0) is 16.0. The van der Waals surface area contributed by atoms with Crippen molar-refractivity contribution in [2.45, 2.75) is 34.1 Å². The molecule has 5 heteroatoms. The third-order valence-electron chi connectivity index (χ3n) is 3.24. The lowest BCUT2D eigenvalue weighted by Gasteiger charge is -2.18. The largest absolute Gasteiger partial charge is 0.330 e. The Morgan fingerprint density at radius 1 is 1.10 bits per heavy atom. The average Bonchev–Trinajstić information content (AvgIpc) is 2.41. The number of benzene rings is 1. The van der Waals surface area contributed by atoms with E-state index >= 15 is 0 Å². The molecule has 0 radical (unpaired) electrons. The summed E-state index contributed by atoms with van der Waals surface area (Å²) in [4.78, 5) is 23.8. The van der Waals surface area contributed by atoms with E-state index in [9.17, 15) is 9.59 Å². The van der Waals surface area contributed by atoms with Gasteiger partial charge in [0.05, 0.1) is 5.92 Å². The van der Waals surface area contributed by atoms with E-state index in [1.807, 2.05) is 27.7 Å². The molecule has 0 spiro atoms. The minimum Gasteiger partial charge on any atom is -0.330 e. The number of nitrogens with one attached hydrogen (secondary N) is 2. The Kier molecular flexibility index (Phi) is 5.90. The minimum atomic E-state index is -0.442. The first-order valence-electron chi connectivity index (χ1n) is 7.20. The van der Waals surface area contributed by atoms with E-state index in [1.54, 1.807) is 24.3 Å². The highest BCUT2D eigenvalue weighted by Gasteiger charge is 2.21. The van der Waals surface area contributed by atoms with Crippen molar-refractivity contribution in [3.05, 3.63) is 24.3 Å². The fourth-order valence-corrected chi connectivity index (χ4v) is 1.66. The molecule has 1 unspecified atom stereocenters. The van der Waals surface area contributed by atoms with Gasteiger partial charge < -0.3 is 16.4 Å². The number of rotatable bonds is 5. The van der Waals surface area contributed by atoms with E-state index in [2.05, 4.69) is 10.6 Å². The fraction of sp³-hybridized carbons (Fsp3) is 0.500. The second kappa shape index (κ2) is 7.22. The molecule has 5 nitrogen and oxygen atoms in total. The van der Waals surface area contributed by atoms with Gasteiger partial charge in [-0.15, -0.1) is 0 Å². The van der Waals surface area contributed by atoms with Gasteiger partial charge in [-0.05, 0) is 30.7 Å². The molecule has 0 fully saturated rings. The van der Waals surface area contributed by atoms with Gasteiger partial charge in [-0.1, -0.05) is 27.7 Å². The summed E-state index contributed by atoms with van der Waals surface area (Å²) in [6, 6.07) is 7.06. The number of hydrogen-bond donors (Lipinski definition) is 3. The van der Waals surface area contributed by atoms with Gasteiger partial charge in [0.15, 0.2) is 0 Å². The molecule has 0 saturated carbocycles. The number of nitrogens with two attached hydrogens (primary N) is 1.